The fourth-order valence-electron chi connectivity index (χ4n) is 1.21. The highest BCUT2D eigenvalue weighted by molar-refractivity contribution is 5.78. The lowest BCUT2D eigenvalue weighted by Gasteiger charge is -2.22. The molecule has 12 heavy (non-hydrogen) atoms. The molecule has 66 valence electrons. The van der Waals surface area contributed by atoms with Gasteiger partial charge in [-0.1, -0.05) is 0 Å². The van der Waals surface area contributed by atoms with Crippen molar-refractivity contribution < 1.29 is 9.53 Å². The number of carbonyl (C=O) groups is 1. The predicted molar refractivity (Wildman–Crippen MR) is 42.2 cm³/mol. The summed E-state index contributed by atoms with van der Waals surface area (Å²) in [4.78, 5) is 10.9. The second kappa shape index (κ2) is 4.73. The Morgan fingerprint density at radius 1 is 1.75 bits per heavy atom. The number of hydrogen-bond acceptors (Lipinski definition) is 3. The summed E-state index contributed by atoms with van der Waals surface area (Å²) in [5.74, 6) is -0.201. The fourth-order valence-corrected chi connectivity index (χ4v) is 1.21. The van der Waals surface area contributed by atoms with Crippen LogP contribution in [-0.4, -0.2) is 25.2 Å². The standard InChI is InChI=1S/C8H12N2O2/c9-4-3-8(11)10-7-2-1-5-12-6-7/h7H,1-3,5-6H2,(H,10,11)/t7-/m1/s1. The van der Waals surface area contributed by atoms with E-state index in [-0.39, 0.29) is 18.4 Å². The van der Waals surface area contributed by atoms with Gasteiger partial charge in [0, 0.05) is 6.61 Å². The number of hydrogen-bond donors (Lipinski definition) is 1. The van der Waals surface area contributed by atoms with Gasteiger partial charge < -0.3 is 10.1 Å². The van der Waals surface area contributed by atoms with Gasteiger partial charge in [-0.2, -0.15) is 5.26 Å². The van der Waals surface area contributed by atoms with Crippen LogP contribution in [-0.2, 0) is 9.53 Å². The zero-order valence-corrected chi connectivity index (χ0v) is 6.88. The first-order chi connectivity index (χ1) is 5.83. The first-order valence-corrected chi connectivity index (χ1v) is 4.07. The van der Waals surface area contributed by atoms with Gasteiger partial charge in [0.25, 0.3) is 0 Å². The Bertz CT molecular complexity index is 192. The molecule has 1 aliphatic heterocycles. The highest BCUT2D eigenvalue weighted by Crippen LogP contribution is 2.05. The van der Waals surface area contributed by atoms with Crippen molar-refractivity contribution >= 4 is 5.91 Å². The summed E-state index contributed by atoms with van der Waals surface area (Å²) in [5, 5.41) is 11.0. The lowest BCUT2D eigenvalue weighted by atomic mass is 10.1. The maximum absolute atomic E-state index is 10.9. The van der Waals surface area contributed by atoms with E-state index in [1.165, 1.54) is 0 Å². The SMILES string of the molecule is N#CCC(=O)N[C@@H]1CCCOC1. The summed E-state index contributed by atoms with van der Waals surface area (Å²) in [6, 6.07) is 1.91. The Morgan fingerprint density at radius 3 is 3.17 bits per heavy atom. The smallest absolute Gasteiger partial charge is 0.234 e. The summed E-state index contributed by atoms with van der Waals surface area (Å²) < 4.78 is 5.16. The number of ether oxygens (including phenoxy) is 1. The number of nitriles is 1. The third kappa shape index (κ3) is 2.89. The maximum Gasteiger partial charge on any atom is 0.234 e. The molecule has 0 unspecified atom stereocenters. The van der Waals surface area contributed by atoms with Crippen LogP contribution >= 0.6 is 0 Å². The third-order valence-corrected chi connectivity index (χ3v) is 1.77. The highest BCUT2D eigenvalue weighted by Gasteiger charge is 2.15. The molecule has 1 heterocycles. The second-order valence-corrected chi connectivity index (χ2v) is 2.82. The molecule has 1 rings (SSSR count). The molecule has 1 fully saturated rings. The molecule has 0 spiro atoms. The van der Waals surface area contributed by atoms with Crippen LogP contribution in [0.2, 0.25) is 0 Å². The molecule has 4 nitrogen and oxygen atoms in total. The number of amides is 1. The lowest BCUT2D eigenvalue weighted by Crippen LogP contribution is -2.40. The number of nitrogens with zero attached hydrogens (tertiary/aromatic N) is 1. The molecule has 1 aliphatic rings. The van der Waals surface area contributed by atoms with Crippen molar-refractivity contribution in [3.05, 3.63) is 0 Å². The zero-order chi connectivity index (χ0) is 8.81. The molecular formula is C8H12N2O2. The van der Waals surface area contributed by atoms with E-state index < -0.39 is 0 Å². The van der Waals surface area contributed by atoms with E-state index in [0.717, 1.165) is 19.4 Å². The molecule has 0 aromatic rings. The van der Waals surface area contributed by atoms with Crippen LogP contribution in [0.3, 0.4) is 0 Å². The van der Waals surface area contributed by atoms with Crippen molar-refractivity contribution in [3.8, 4) is 6.07 Å². The van der Waals surface area contributed by atoms with Gasteiger partial charge in [0.2, 0.25) is 5.91 Å². The van der Waals surface area contributed by atoms with Crippen LogP contribution in [0.5, 0.6) is 0 Å². The van der Waals surface area contributed by atoms with Crippen molar-refractivity contribution in [2.24, 2.45) is 0 Å². The first kappa shape index (κ1) is 9.01. The van der Waals surface area contributed by atoms with Crippen LogP contribution in [0.1, 0.15) is 19.3 Å². The summed E-state index contributed by atoms with van der Waals surface area (Å²) in [6.45, 7) is 1.36. The minimum Gasteiger partial charge on any atom is -0.379 e. The van der Waals surface area contributed by atoms with Crippen LogP contribution in [0.4, 0.5) is 0 Å². The Morgan fingerprint density at radius 2 is 2.58 bits per heavy atom. The van der Waals surface area contributed by atoms with Crippen LogP contribution < -0.4 is 5.32 Å². The molecule has 4 heteroatoms. The summed E-state index contributed by atoms with van der Waals surface area (Å²) >= 11 is 0. The summed E-state index contributed by atoms with van der Waals surface area (Å²) in [7, 11) is 0. The lowest BCUT2D eigenvalue weighted by molar-refractivity contribution is -0.121. The Hall–Kier alpha value is -1.08. The van der Waals surface area contributed by atoms with E-state index in [0.29, 0.717) is 6.61 Å². The van der Waals surface area contributed by atoms with Crippen molar-refractivity contribution in [1.82, 2.24) is 5.32 Å². The molecule has 1 saturated heterocycles. The predicted octanol–water partition coefficient (Wildman–Crippen LogP) is 0.195. The Kier molecular flexibility index (Phi) is 3.55. The van der Waals surface area contributed by atoms with E-state index in [1.807, 2.05) is 0 Å². The van der Waals surface area contributed by atoms with Gasteiger partial charge in [-0.15, -0.1) is 0 Å². The van der Waals surface area contributed by atoms with Crippen LogP contribution in [0.15, 0.2) is 0 Å². The monoisotopic (exact) mass is 168 g/mol. The first-order valence-electron chi connectivity index (χ1n) is 4.07. The Balaban J connectivity index is 2.21. The number of nitrogens with one attached hydrogen (secondary N) is 1. The summed E-state index contributed by atoms with van der Waals surface area (Å²) in [5.41, 5.74) is 0. The van der Waals surface area contributed by atoms with Crippen LogP contribution in [0.25, 0.3) is 0 Å². The van der Waals surface area contributed by atoms with Gasteiger partial charge in [-0.05, 0) is 12.8 Å². The van der Waals surface area contributed by atoms with E-state index >= 15 is 0 Å². The highest BCUT2D eigenvalue weighted by atomic mass is 16.5. The molecule has 0 aromatic carbocycles. The van der Waals surface area contributed by atoms with E-state index in [4.69, 9.17) is 10.00 Å². The van der Waals surface area contributed by atoms with Gasteiger partial charge in [0.05, 0.1) is 18.7 Å². The third-order valence-electron chi connectivity index (χ3n) is 1.77. The summed E-state index contributed by atoms with van der Waals surface area (Å²) in [6.07, 6.45) is 1.88. The zero-order valence-electron chi connectivity index (χ0n) is 6.88. The second-order valence-electron chi connectivity index (χ2n) is 2.82. The molecule has 0 aliphatic carbocycles. The molecule has 0 saturated carbocycles. The van der Waals surface area contributed by atoms with Gasteiger partial charge in [-0.25, -0.2) is 0 Å². The average molecular weight is 168 g/mol. The molecule has 1 amide bonds. The van der Waals surface area contributed by atoms with Gasteiger partial charge in [-0.3, -0.25) is 4.79 Å². The van der Waals surface area contributed by atoms with Crippen molar-refractivity contribution in [3.63, 3.8) is 0 Å². The Labute approximate surface area is 71.5 Å². The molecule has 0 radical (unpaired) electrons. The van der Waals surface area contributed by atoms with E-state index in [1.54, 1.807) is 6.07 Å². The maximum atomic E-state index is 10.9. The topological polar surface area (TPSA) is 62.1 Å². The van der Waals surface area contributed by atoms with E-state index in [9.17, 15) is 4.79 Å². The minimum atomic E-state index is -0.201. The normalized spacial score (nSPS) is 22.8. The molecule has 1 atom stereocenters. The molecule has 0 bridgehead atoms. The minimum absolute atomic E-state index is 0.0590. The fraction of sp³-hybridized carbons (Fsp3) is 0.750. The largest absolute Gasteiger partial charge is 0.379 e. The van der Waals surface area contributed by atoms with Crippen molar-refractivity contribution in [2.75, 3.05) is 13.2 Å². The quantitative estimate of drug-likeness (QED) is 0.640. The number of rotatable bonds is 2. The van der Waals surface area contributed by atoms with E-state index in [2.05, 4.69) is 5.32 Å². The van der Waals surface area contributed by atoms with Gasteiger partial charge in [0.1, 0.15) is 6.42 Å². The van der Waals surface area contributed by atoms with Crippen molar-refractivity contribution in [1.29, 1.82) is 5.26 Å². The number of carbonyl (C=O) groups excluding carboxylic acids is 1. The molecular weight excluding hydrogens is 156 g/mol. The van der Waals surface area contributed by atoms with Gasteiger partial charge >= 0.3 is 0 Å². The van der Waals surface area contributed by atoms with Gasteiger partial charge in [0.15, 0.2) is 0 Å². The van der Waals surface area contributed by atoms with Crippen molar-refractivity contribution in [2.45, 2.75) is 25.3 Å². The molecule has 0 aromatic heterocycles. The van der Waals surface area contributed by atoms with Crippen LogP contribution in [0, 0.1) is 11.3 Å². The average Bonchev–Trinajstić information content (AvgIpc) is 2.06. The molecule has 1 N–H and O–H groups in total.